The van der Waals surface area contributed by atoms with E-state index in [1.807, 2.05) is 0 Å². The lowest BCUT2D eigenvalue weighted by Gasteiger charge is -2.31. The lowest BCUT2D eigenvalue weighted by Crippen LogP contribution is -3.11. The highest BCUT2D eigenvalue weighted by Crippen LogP contribution is 2.31. The number of hydrogen-bond donors (Lipinski definition) is 1. The van der Waals surface area contributed by atoms with E-state index in [1.54, 1.807) is 0 Å². The molecule has 3 nitrogen and oxygen atoms in total. The second kappa shape index (κ2) is 9.23. The summed E-state index contributed by atoms with van der Waals surface area (Å²) in [6.07, 6.45) is 5.24. The molecular formula is C15H26ClNO2. The van der Waals surface area contributed by atoms with Gasteiger partial charge in [-0.1, -0.05) is 6.42 Å². The van der Waals surface area contributed by atoms with Crippen molar-refractivity contribution in [3.8, 4) is 11.8 Å². The molecule has 0 radical (unpaired) electrons. The van der Waals surface area contributed by atoms with E-state index in [0.29, 0.717) is 0 Å². The molecule has 1 rings (SSSR count). The highest BCUT2D eigenvalue weighted by Gasteiger charge is 2.33. The number of esters is 1. The predicted molar refractivity (Wildman–Crippen MR) is 72.3 cm³/mol. The topological polar surface area (TPSA) is 30.7 Å². The molecule has 0 heterocycles. The van der Waals surface area contributed by atoms with Gasteiger partial charge in [0.25, 0.3) is 0 Å². The van der Waals surface area contributed by atoms with Gasteiger partial charge in [0.1, 0.15) is 6.54 Å². The third kappa shape index (κ3) is 6.31. The van der Waals surface area contributed by atoms with Crippen molar-refractivity contribution in [2.75, 3.05) is 19.6 Å². The van der Waals surface area contributed by atoms with Gasteiger partial charge in [-0.25, -0.2) is 0 Å². The minimum absolute atomic E-state index is 0. The minimum atomic E-state index is -0.489. The van der Waals surface area contributed by atoms with Crippen molar-refractivity contribution < 1.29 is 26.8 Å². The zero-order valence-corrected chi connectivity index (χ0v) is 13.1. The monoisotopic (exact) mass is 287 g/mol. The summed E-state index contributed by atoms with van der Waals surface area (Å²) < 4.78 is 5.51. The van der Waals surface area contributed by atoms with Gasteiger partial charge in [0.15, 0.2) is 5.60 Å². The van der Waals surface area contributed by atoms with Crippen molar-refractivity contribution in [3.05, 3.63) is 0 Å². The maximum Gasteiger partial charge on any atom is 0.304 e. The Morgan fingerprint density at radius 1 is 1.21 bits per heavy atom. The summed E-state index contributed by atoms with van der Waals surface area (Å²) in [5.74, 6) is 6.28. The molecule has 0 spiro atoms. The molecule has 0 unspecified atom stereocenters. The molecule has 0 aromatic carbocycles. The van der Waals surface area contributed by atoms with Crippen molar-refractivity contribution in [2.45, 2.75) is 58.5 Å². The second-order valence-electron chi connectivity index (χ2n) is 5.08. The number of hydrogen-bond acceptors (Lipinski definition) is 2. The van der Waals surface area contributed by atoms with Crippen molar-refractivity contribution in [3.63, 3.8) is 0 Å². The summed E-state index contributed by atoms with van der Waals surface area (Å²) in [5, 5.41) is 0. The fraction of sp³-hybridized carbons (Fsp3) is 0.800. The average molecular weight is 288 g/mol. The quantitative estimate of drug-likeness (QED) is 0.488. The molecule has 1 saturated carbocycles. The van der Waals surface area contributed by atoms with Gasteiger partial charge in [0, 0.05) is 6.92 Å². The number of carbonyl (C=O) groups is 1. The molecule has 1 N–H and O–H groups in total. The standard InChI is InChI=1S/C15H25NO2.ClH/c1-4-16(5-2)13-9-12-15(18-14(3)17)10-7-6-8-11-15;/h4-8,10-11,13H2,1-3H3;1H. The third-order valence-electron chi connectivity index (χ3n) is 3.65. The number of nitrogens with one attached hydrogen (secondary N) is 1. The van der Waals surface area contributed by atoms with Crippen molar-refractivity contribution in [2.24, 2.45) is 0 Å². The van der Waals surface area contributed by atoms with Crippen molar-refractivity contribution >= 4 is 5.97 Å². The van der Waals surface area contributed by atoms with E-state index in [0.717, 1.165) is 45.3 Å². The van der Waals surface area contributed by atoms with Gasteiger partial charge in [-0.3, -0.25) is 4.79 Å². The Morgan fingerprint density at radius 3 is 2.26 bits per heavy atom. The fourth-order valence-electron chi connectivity index (χ4n) is 2.48. The zero-order chi connectivity index (χ0) is 13.4. The van der Waals surface area contributed by atoms with Crippen LogP contribution in [0.15, 0.2) is 0 Å². The normalized spacial score (nSPS) is 17.1. The predicted octanol–water partition coefficient (Wildman–Crippen LogP) is -1.82. The summed E-state index contributed by atoms with van der Waals surface area (Å²) in [5.41, 5.74) is -0.489. The number of carbonyl (C=O) groups excluding carboxylic acids is 1. The fourth-order valence-corrected chi connectivity index (χ4v) is 2.48. The highest BCUT2D eigenvalue weighted by molar-refractivity contribution is 5.67. The van der Waals surface area contributed by atoms with Crippen LogP contribution in [0.25, 0.3) is 0 Å². The van der Waals surface area contributed by atoms with Gasteiger partial charge >= 0.3 is 5.97 Å². The molecule has 1 fully saturated rings. The molecular weight excluding hydrogens is 262 g/mol. The zero-order valence-electron chi connectivity index (χ0n) is 12.4. The van der Waals surface area contributed by atoms with Gasteiger partial charge < -0.3 is 22.0 Å². The first-order valence-electron chi connectivity index (χ1n) is 7.15. The second-order valence-corrected chi connectivity index (χ2v) is 5.08. The first-order valence-corrected chi connectivity index (χ1v) is 7.15. The Balaban J connectivity index is 0.00000324. The van der Waals surface area contributed by atoms with E-state index >= 15 is 0 Å². The van der Waals surface area contributed by atoms with Crippen LogP contribution in [-0.4, -0.2) is 31.2 Å². The minimum Gasteiger partial charge on any atom is -1.00 e. The molecule has 1 aliphatic carbocycles. The maximum absolute atomic E-state index is 11.2. The molecule has 19 heavy (non-hydrogen) atoms. The van der Waals surface area contributed by atoms with Crippen LogP contribution in [0.3, 0.4) is 0 Å². The van der Waals surface area contributed by atoms with Crippen LogP contribution in [0, 0.1) is 11.8 Å². The lowest BCUT2D eigenvalue weighted by molar-refractivity contribution is -0.889. The Kier molecular flexibility index (Phi) is 8.88. The van der Waals surface area contributed by atoms with Gasteiger partial charge in [0.05, 0.1) is 13.1 Å². The molecule has 0 amide bonds. The molecule has 110 valence electrons. The third-order valence-corrected chi connectivity index (χ3v) is 3.65. The summed E-state index contributed by atoms with van der Waals surface area (Å²) in [6.45, 7) is 8.84. The van der Waals surface area contributed by atoms with Crippen LogP contribution in [0.1, 0.15) is 52.9 Å². The smallest absolute Gasteiger partial charge is 0.304 e. The summed E-state index contributed by atoms with van der Waals surface area (Å²) >= 11 is 0. The Labute approximate surface area is 123 Å². The average Bonchev–Trinajstić information content (AvgIpc) is 2.35. The molecule has 0 bridgehead atoms. The van der Waals surface area contributed by atoms with Crippen LogP contribution >= 0.6 is 0 Å². The molecule has 0 saturated heterocycles. The molecule has 0 aromatic rings. The molecule has 0 aromatic heterocycles. The van der Waals surface area contributed by atoms with Crippen molar-refractivity contribution in [1.29, 1.82) is 0 Å². The van der Waals surface area contributed by atoms with Crippen LogP contribution < -0.4 is 17.3 Å². The number of rotatable bonds is 4. The van der Waals surface area contributed by atoms with E-state index in [-0.39, 0.29) is 18.4 Å². The summed E-state index contributed by atoms with van der Waals surface area (Å²) in [7, 11) is 0. The van der Waals surface area contributed by atoms with Gasteiger partial charge in [-0.2, -0.15) is 0 Å². The Bertz CT molecular complexity index is 323. The highest BCUT2D eigenvalue weighted by atomic mass is 35.5. The van der Waals surface area contributed by atoms with Gasteiger partial charge in [0.2, 0.25) is 0 Å². The van der Waals surface area contributed by atoms with Crippen LogP contribution in [0.4, 0.5) is 0 Å². The van der Waals surface area contributed by atoms with E-state index in [4.69, 9.17) is 4.74 Å². The van der Waals surface area contributed by atoms with Crippen LogP contribution in [0.5, 0.6) is 0 Å². The summed E-state index contributed by atoms with van der Waals surface area (Å²) in [4.78, 5) is 12.7. The van der Waals surface area contributed by atoms with E-state index in [9.17, 15) is 4.79 Å². The van der Waals surface area contributed by atoms with Gasteiger partial charge in [-0.05, 0) is 51.4 Å². The number of halogens is 1. The molecule has 1 aliphatic rings. The Morgan fingerprint density at radius 2 is 1.79 bits per heavy atom. The van der Waals surface area contributed by atoms with E-state index in [2.05, 4.69) is 25.7 Å². The van der Waals surface area contributed by atoms with Crippen LogP contribution in [0.2, 0.25) is 0 Å². The molecule has 0 atom stereocenters. The van der Waals surface area contributed by atoms with Crippen LogP contribution in [-0.2, 0) is 9.53 Å². The maximum atomic E-state index is 11.2. The first-order chi connectivity index (χ1) is 8.62. The summed E-state index contributed by atoms with van der Waals surface area (Å²) in [6, 6.07) is 0. The number of quaternary nitrogens is 1. The van der Waals surface area contributed by atoms with E-state index < -0.39 is 5.60 Å². The Hall–Kier alpha value is -0.720. The molecule has 4 heteroatoms. The SMILES string of the molecule is CC[NH+](CC)CC#CC1(OC(C)=O)CCCCC1.[Cl-]. The molecule has 0 aliphatic heterocycles. The van der Waals surface area contributed by atoms with Gasteiger partial charge in [-0.15, -0.1) is 0 Å². The van der Waals surface area contributed by atoms with Crippen molar-refractivity contribution in [1.82, 2.24) is 0 Å². The lowest BCUT2D eigenvalue weighted by atomic mass is 9.85. The first kappa shape index (κ1) is 18.3. The van der Waals surface area contributed by atoms with E-state index in [1.165, 1.54) is 18.2 Å². The number of ether oxygens (including phenoxy) is 1. The largest absolute Gasteiger partial charge is 1.00 e.